The largest absolute Gasteiger partial charge is 0.480 e. The Morgan fingerprint density at radius 3 is 2.25 bits per heavy atom. The van der Waals surface area contributed by atoms with Crippen molar-refractivity contribution in [3.8, 4) is 0 Å². The van der Waals surface area contributed by atoms with Gasteiger partial charge in [-0.15, -0.1) is 0 Å². The van der Waals surface area contributed by atoms with E-state index in [1.54, 1.807) is 32.0 Å². The van der Waals surface area contributed by atoms with Gasteiger partial charge in [-0.25, -0.2) is 8.42 Å². The SMILES string of the molecule is Cc1cc(C)c(N(CC(=O)O)S(=O)(=O)c2ccccc2)c(C)c1Br. The maximum absolute atomic E-state index is 13.0. The fraction of sp³-hybridized carbons (Fsp3) is 0.235. The summed E-state index contributed by atoms with van der Waals surface area (Å²) in [6, 6.07) is 9.67. The van der Waals surface area contributed by atoms with E-state index in [1.807, 2.05) is 13.0 Å². The van der Waals surface area contributed by atoms with Gasteiger partial charge in [0.1, 0.15) is 6.54 Å². The van der Waals surface area contributed by atoms with E-state index in [1.165, 1.54) is 12.1 Å². The number of carboxylic acid groups (broad SMARTS) is 1. The fourth-order valence-corrected chi connectivity index (χ4v) is 4.52. The molecular formula is C17H18BrNO4S. The summed E-state index contributed by atoms with van der Waals surface area (Å²) < 4.78 is 27.8. The van der Waals surface area contributed by atoms with Crippen molar-refractivity contribution < 1.29 is 18.3 Å². The molecule has 0 saturated carbocycles. The molecule has 0 fully saturated rings. The van der Waals surface area contributed by atoms with Crippen LogP contribution in [0.3, 0.4) is 0 Å². The van der Waals surface area contributed by atoms with Crippen molar-refractivity contribution in [3.63, 3.8) is 0 Å². The van der Waals surface area contributed by atoms with Gasteiger partial charge in [0.15, 0.2) is 0 Å². The number of nitrogens with zero attached hydrogens (tertiary/aromatic N) is 1. The van der Waals surface area contributed by atoms with Crippen LogP contribution in [0.15, 0.2) is 45.8 Å². The Kier molecular flexibility index (Phi) is 5.35. The molecule has 0 amide bonds. The molecule has 7 heteroatoms. The third kappa shape index (κ3) is 3.47. The highest BCUT2D eigenvalue weighted by atomic mass is 79.9. The van der Waals surface area contributed by atoms with E-state index >= 15 is 0 Å². The van der Waals surface area contributed by atoms with Crippen molar-refractivity contribution in [2.45, 2.75) is 25.7 Å². The van der Waals surface area contributed by atoms with E-state index in [4.69, 9.17) is 0 Å². The van der Waals surface area contributed by atoms with Crippen LogP contribution in [-0.2, 0) is 14.8 Å². The summed E-state index contributed by atoms with van der Waals surface area (Å²) in [5, 5.41) is 9.24. The van der Waals surface area contributed by atoms with Crippen molar-refractivity contribution in [3.05, 3.63) is 57.6 Å². The monoisotopic (exact) mass is 411 g/mol. The lowest BCUT2D eigenvalue weighted by Crippen LogP contribution is -2.36. The Hall–Kier alpha value is -1.86. The predicted octanol–water partition coefficient (Wildman–Crippen LogP) is 3.65. The highest BCUT2D eigenvalue weighted by Crippen LogP contribution is 2.36. The number of hydrogen-bond donors (Lipinski definition) is 1. The topological polar surface area (TPSA) is 74.7 Å². The Bertz CT molecular complexity index is 879. The molecule has 2 rings (SSSR count). The molecular weight excluding hydrogens is 394 g/mol. The number of aliphatic carboxylic acids is 1. The molecule has 0 radical (unpaired) electrons. The molecule has 0 aliphatic rings. The molecule has 0 aliphatic heterocycles. The number of carbonyl (C=O) groups is 1. The van der Waals surface area contributed by atoms with Crippen LogP contribution in [0.4, 0.5) is 5.69 Å². The molecule has 24 heavy (non-hydrogen) atoms. The quantitative estimate of drug-likeness (QED) is 0.814. The second-order valence-corrected chi connectivity index (χ2v) is 8.17. The van der Waals surface area contributed by atoms with Crippen LogP contribution in [0.5, 0.6) is 0 Å². The van der Waals surface area contributed by atoms with Crippen molar-refractivity contribution >= 4 is 37.6 Å². The van der Waals surface area contributed by atoms with E-state index in [2.05, 4.69) is 15.9 Å². The lowest BCUT2D eigenvalue weighted by molar-refractivity contribution is -0.135. The molecule has 2 aromatic carbocycles. The first-order chi connectivity index (χ1) is 11.2. The lowest BCUT2D eigenvalue weighted by atomic mass is 10.1. The van der Waals surface area contributed by atoms with Gasteiger partial charge in [-0.3, -0.25) is 9.10 Å². The van der Waals surface area contributed by atoms with Crippen molar-refractivity contribution in [1.82, 2.24) is 0 Å². The molecule has 0 saturated heterocycles. The van der Waals surface area contributed by atoms with Crippen LogP contribution >= 0.6 is 15.9 Å². The normalized spacial score (nSPS) is 11.3. The van der Waals surface area contributed by atoms with Crippen LogP contribution < -0.4 is 4.31 Å². The average Bonchev–Trinajstić information content (AvgIpc) is 2.52. The maximum Gasteiger partial charge on any atom is 0.324 e. The zero-order valence-corrected chi connectivity index (χ0v) is 16.0. The Labute approximate surface area is 150 Å². The Balaban J connectivity index is 2.72. The van der Waals surface area contributed by atoms with Gasteiger partial charge in [0.05, 0.1) is 10.6 Å². The number of rotatable bonds is 5. The number of halogens is 1. The van der Waals surface area contributed by atoms with Gasteiger partial charge in [-0.2, -0.15) is 0 Å². The average molecular weight is 412 g/mol. The Morgan fingerprint density at radius 2 is 1.71 bits per heavy atom. The molecule has 0 unspecified atom stereocenters. The van der Waals surface area contributed by atoms with E-state index in [9.17, 15) is 18.3 Å². The minimum Gasteiger partial charge on any atom is -0.480 e. The third-order valence-corrected chi connectivity index (χ3v) is 6.68. The van der Waals surface area contributed by atoms with Crippen LogP contribution in [0, 0.1) is 20.8 Å². The molecule has 0 heterocycles. The molecule has 1 N–H and O–H groups in total. The second-order valence-electron chi connectivity index (χ2n) is 5.52. The summed E-state index contributed by atoms with van der Waals surface area (Å²) in [5.74, 6) is -1.22. The molecule has 0 bridgehead atoms. The zero-order valence-electron chi connectivity index (χ0n) is 13.6. The number of aryl methyl sites for hydroxylation is 2. The van der Waals surface area contributed by atoms with Gasteiger partial charge in [0.25, 0.3) is 10.0 Å². The van der Waals surface area contributed by atoms with E-state index in [0.717, 1.165) is 14.3 Å². The number of anilines is 1. The minimum atomic E-state index is -3.99. The maximum atomic E-state index is 13.0. The fourth-order valence-electron chi connectivity index (χ4n) is 2.66. The molecule has 2 aromatic rings. The first-order valence-electron chi connectivity index (χ1n) is 7.22. The number of benzene rings is 2. The number of sulfonamides is 1. The van der Waals surface area contributed by atoms with E-state index < -0.39 is 22.5 Å². The number of carboxylic acids is 1. The highest BCUT2D eigenvalue weighted by Gasteiger charge is 2.30. The van der Waals surface area contributed by atoms with Crippen molar-refractivity contribution in [2.75, 3.05) is 10.8 Å². The molecule has 0 spiro atoms. The number of hydrogen-bond acceptors (Lipinski definition) is 3. The van der Waals surface area contributed by atoms with Crippen LogP contribution in [0.25, 0.3) is 0 Å². The van der Waals surface area contributed by atoms with Gasteiger partial charge < -0.3 is 5.11 Å². The van der Waals surface area contributed by atoms with Gasteiger partial charge in [-0.1, -0.05) is 40.2 Å². The zero-order chi connectivity index (χ0) is 18.1. The van der Waals surface area contributed by atoms with Gasteiger partial charge in [0.2, 0.25) is 0 Å². The smallest absolute Gasteiger partial charge is 0.324 e. The van der Waals surface area contributed by atoms with Crippen LogP contribution in [0.1, 0.15) is 16.7 Å². The van der Waals surface area contributed by atoms with Gasteiger partial charge in [-0.05, 0) is 49.6 Å². The van der Waals surface area contributed by atoms with Crippen molar-refractivity contribution in [1.29, 1.82) is 0 Å². The van der Waals surface area contributed by atoms with Crippen LogP contribution in [0.2, 0.25) is 0 Å². The molecule has 0 aliphatic carbocycles. The summed E-state index contributed by atoms with van der Waals surface area (Å²) >= 11 is 3.45. The Morgan fingerprint density at radius 1 is 1.12 bits per heavy atom. The highest BCUT2D eigenvalue weighted by molar-refractivity contribution is 9.10. The van der Waals surface area contributed by atoms with E-state index in [0.29, 0.717) is 16.8 Å². The molecule has 0 atom stereocenters. The summed E-state index contributed by atoms with van der Waals surface area (Å²) in [5.41, 5.74) is 2.74. The summed E-state index contributed by atoms with van der Waals surface area (Å²) in [4.78, 5) is 11.4. The molecule has 5 nitrogen and oxygen atoms in total. The van der Waals surface area contributed by atoms with Gasteiger partial charge in [0, 0.05) is 4.47 Å². The lowest BCUT2D eigenvalue weighted by Gasteiger charge is -2.27. The van der Waals surface area contributed by atoms with Gasteiger partial charge >= 0.3 is 5.97 Å². The standard InChI is InChI=1S/C17H18BrNO4S/c1-11-9-12(2)17(13(3)16(11)18)19(10-15(20)21)24(22,23)14-7-5-4-6-8-14/h4-9H,10H2,1-3H3,(H,20,21). The predicted molar refractivity (Wildman–Crippen MR) is 97.0 cm³/mol. The van der Waals surface area contributed by atoms with E-state index in [-0.39, 0.29) is 4.90 Å². The van der Waals surface area contributed by atoms with Crippen LogP contribution in [-0.4, -0.2) is 26.0 Å². The third-order valence-electron chi connectivity index (χ3n) is 3.70. The summed E-state index contributed by atoms with van der Waals surface area (Å²) in [6.07, 6.45) is 0. The van der Waals surface area contributed by atoms with Crippen molar-refractivity contribution in [2.24, 2.45) is 0 Å². The summed E-state index contributed by atoms with van der Waals surface area (Å²) in [7, 11) is -3.99. The first kappa shape index (κ1) is 18.5. The first-order valence-corrected chi connectivity index (χ1v) is 9.45. The second kappa shape index (κ2) is 6.94. The minimum absolute atomic E-state index is 0.0572. The summed E-state index contributed by atoms with van der Waals surface area (Å²) in [6.45, 7) is 4.81. The molecule has 128 valence electrons. The molecule has 0 aromatic heterocycles.